The molecule has 13 heavy (non-hydrogen) atoms. The van der Waals surface area contributed by atoms with Crippen LogP contribution in [-0.4, -0.2) is 21.0 Å². The van der Waals surface area contributed by atoms with Crippen molar-refractivity contribution in [2.45, 2.75) is 6.42 Å². The number of hydrogen-bond donors (Lipinski definition) is 1. The topological polar surface area (TPSA) is 58.6 Å². The number of aromatic amines is 1. The van der Waals surface area contributed by atoms with Crippen molar-refractivity contribution in [3.8, 4) is 0 Å². The molecule has 0 unspecified atom stereocenters. The van der Waals surface area contributed by atoms with Crippen LogP contribution in [0.3, 0.4) is 0 Å². The summed E-state index contributed by atoms with van der Waals surface area (Å²) in [5, 5.41) is 8.11. The Labute approximate surface area is 78.6 Å². The quantitative estimate of drug-likeness (QED) is 0.747. The highest BCUT2D eigenvalue weighted by atomic mass is 32.1. The van der Waals surface area contributed by atoms with Crippen LogP contribution in [0, 0.1) is 0 Å². The van der Waals surface area contributed by atoms with E-state index in [9.17, 15) is 4.79 Å². The van der Waals surface area contributed by atoms with Crippen LogP contribution in [-0.2, 0) is 6.42 Å². The zero-order chi connectivity index (χ0) is 9.10. The van der Waals surface area contributed by atoms with E-state index in [0.717, 1.165) is 4.88 Å². The Morgan fingerprint density at radius 3 is 3.15 bits per heavy atom. The number of ketones is 1. The normalized spacial score (nSPS) is 10.2. The molecule has 4 nitrogen and oxygen atoms in total. The van der Waals surface area contributed by atoms with Gasteiger partial charge in [0.05, 0.1) is 0 Å². The molecule has 0 saturated heterocycles. The summed E-state index contributed by atoms with van der Waals surface area (Å²) in [4.78, 5) is 16.3. The maximum atomic E-state index is 11.4. The van der Waals surface area contributed by atoms with Crippen LogP contribution >= 0.6 is 11.3 Å². The average Bonchev–Trinajstić information content (AvgIpc) is 2.74. The molecule has 0 aliphatic rings. The van der Waals surface area contributed by atoms with Gasteiger partial charge in [-0.3, -0.25) is 9.89 Å². The number of nitrogens with one attached hydrogen (secondary N) is 1. The molecule has 2 heterocycles. The van der Waals surface area contributed by atoms with Gasteiger partial charge in [-0.25, -0.2) is 4.98 Å². The average molecular weight is 193 g/mol. The summed E-state index contributed by atoms with van der Waals surface area (Å²) >= 11 is 1.57. The molecule has 0 aliphatic heterocycles. The Kier molecular flexibility index (Phi) is 2.18. The van der Waals surface area contributed by atoms with Crippen LogP contribution in [0.15, 0.2) is 23.8 Å². The van der Waals surface area contributed by atoms with E-state index in [1.54, 1.807) is 11.3 Å². The molecular formula is C8H7N3OS. The number of Topliss-reactive ketones (excluding diaryl/α,β-unsaturated/α-hetero) is 1. The first-order valence-corrected chi connectivity index (χ1v) is 4.65. The summed E-state index contributed by atoms with van der Waals surface area (Å²) in [6, 6.07) is 3.85. The number of carbonyl (C=O) groups excluding carboxylic acids is 1. The maximum absolute atomic E-state index is 11.4. The van der Waals surface area contributed by atoms with Gasteiger partial charge in [0.15, 0.2) is 5.82 Å². The van der Waals surface area contributed by atoms with Crippen LogP contribution < -0.4 is 0 Å². The van der Waals surface area contributed by atoms with Crippen LogP contribution in [0.4, 0.5) is 0 Å². The molecule has 0 radical (unpaired) electrons. The molecule has 2 rings (SSSR count). The summed E-state index contributed by atoms with van der Waals surface area (Å²) in [7, 11) is 0. The van der Waals surface area contributed by atoms with E-state index in [1.165, 1.54) is 6.33 Å². The van der Waals surface area contributed by atoms with Crippen LogP contribution in [0.5, 0.6) is 0 Å². The summed E-state index contributed by atoms with van der Waals surface area (Å²) in [6.07, 6.45) is 1.73. The molecule has 66 valence electrons. The third-order valence-corrected chi connectivity index (χ3v) is 2.47. The van der Waals surface area contributed by atoms with Crippen molar-refractivity contribution in [3.63, 3.8) is 0 Å². The zero-order valence-corrected chi connectivity index (χ0v) is 7.54. The van der Waals surface area contributed by atoms with Crippen molar-refractivity contribution < 1.29 is 4.79 Å². The fraction of sp³-hybridized carbons (Fsp3) is 0.125. The lowest BCUT2D eigenvalue weighted by molar-refractivity contribution is 0.0984. The van der Waals surface area contributed by atoms with E-state index < -0.39 is 0 Å². The lowest BCUT2D eigenvalue weighted by Gasteiger charge is -1.92. The largest absolute Gasteiger partial charge is 0.290 e. The minimum Gasteiger partial charge on any atom is -0.290 e. The summed E-state index contributed by atoms with van der Waals surface area (Å²) < 4.78 is 0. The van der Waals surface area contributed by atoms with Gasteiger partial charge in [-0.1, -0.05) is 6.07 Å². The third kappa shape index (κ3) is 1.81. The molecule has 2 aromatic heterocycles. The van der Waals surface area contributed by atoms with E-state index in [1.807, 2.05) is 17.5 Å². The first-order chi connectivity index (χ1) is 6.36. The summed E-state index contributed by atoms with van der Waals surface area (Å²) in [5.74, 6) is 0.299. The van der Waals surface area contributed by atoms with Gasteiger partial charge in [0, 0.05) is 11.3 Å². The smallest absolute Gasteiger partial charge is 0.204 e. The predicted molar refractivity (Wildman–Crippen MR) is 48.7 cm³/mol. The lowest BCUT2D eigenvalue weighted by atomic mass is 10.2. The first kappa shape index (κ1) is 8.12. The standard InChI is InChI=1S/C8H7N3OS/c12-7(8-9-5-10-11-8)4-6-2-1-3-13-6/h1-3,5H,4H2,(H,9,10,11). The Hall–Kier alpha value is -1.49. The molecule has 5 heteroatoms. The van der Waals surface area contributed by atoms with Gasteiger partial charge in [-0.2, -0.15) is 5.10 Å². The van der Waals surface area contributed by atoms with Crippen molar-refractivity contribution in [3.05, 3.63) is 34.5 Å². The number of H-pyrrole nitrogens is 1. The number of rotatable bonds is 3. The minimum atomic E-state index is -0.0278. The fourth-order valence-corrected chi connectivity index (χ4v) is 1.70. The Morgan fingerprint density at radius 2 is 2.54 bits per heavy atom. The van der Waals surface area contributed by atoms with Gasteiger partial charge in [0.25, 0.3) is 0 Å². The van der Waals surface area contributed by atoms with Gasteiger partial charge in [0.1, 0.15) is 6.33 Å². The van der Waals surface area contributed by atoms with Crippen LogP contribution in [0.2, 0.25) is 0 Å². The van der Waals surface area contributed by atoms with E-state index in [-0.39, 0.29) is 5.78 Å². The van der Waals surface area contributed by atoms with Crippen molar-refractivity contribution in [1.29, 1.82) is 0 Å². The van der Waals surface area contributed by atoms with Gasteiger partial charge in [-0.05, 0) is 11.4 Å². The highest BCUT2D eigenvalue weighted by Gasteiger charge is 2.09. The minimum absolute atomic E-state index is 0.0278. The van der Waals surface area contributed by atoms with Crippen LogP contribution in [0.25, 0.3) is 0 Å². The molecule has 0 bridgehead atoms. The monoisotopic (exact) mass is 193 g/mol. The van der Waals surface area contributed by atoms with E-state index in [4.69, 9.17) is 0 Å². The molecule has 2 aromatic rings. The van der Waals surface area contributed by atoms with Gasteiger partial charge >= 0.3 is 0 Å². The molecule has 0 fully saturated rings. The molecular weight excluding hydrogens is 186 g/mol. The maximum Gasteiger partial charge on any atom is 0.204 e. The fourth-order valence-electron chi connectivity index (χ4n) is 0.995. The van der Waals surface area contributed by atoms with Gasteiger partial charge in [-0.15, -0.1) is 11.3 Å². The molecule has 0 spiro atoms. The number of nitrogens with zero attached hydrogens (tertiary/aromatic N) is 2. The van der Waals surface area contributed by atoms with Gasteiger partial charge < -0.3 is 0 Å². The van der Waals surface area contributed by atoms with Crippen molar-refractivity contribution >= 4 is 17.1 Å². The molecule has 0 saturated carbocycles. The Bertz CT molecular complexity index is 379. The molecule has 1 N–H and O–H groups in total. The number of hydrogen-bond acceptors (Lipinski definition) is 4. The summed E-state index contributed by atoms with van der Waals surface area (Å²) in [6.45, 7) is 0. The summed E-state index contributed by atoms with van der Waals surface area (Å²) in [5.41, 5.74) is 0. The highest BCUT2D eigenvalue weighted by molar-refractivity contribution is 7.10. The second kappa shape index (κ2) is 3.49. The SMILES string of the molecule is O=C(Cc1cccs1)c1ncn[nH]1. The first-order valence-electron chi connectivity index (χ1n) is 3.77. The Balaban J connectivity index is 2.08. The van der Waals surface area contributed by atoms with Crippen molar-refractivity contribution in [1.82, 2.24) is 15.2 Å². The number of carbonyl (C=O) groups is 1. The number of thiophene rings is 1. The lowest BCUT2D eigenvalue weighted by Crippen LogP contribution is -2.04. The number of aromatic nitrogens is 3. The predicted octanol–water partition coefficient (Wildman–Crippen LogP) is 1.29. The van der Waals surface area contributed by atoms with E-state index >= 15 is 0 Å². The Morgan fingerprint density at radius 1 is 1.62 bits per heavy atom. The van der Waals surface area contributed by atoms with Gasteiger partial charge in [0.2, 0.25) is 5.78 Å². The highest BCUT2D eigenvalue weighted by Crippen LogP contribution is 2.10. The van der Waals surface area contributed by atoms with E-state index in [2.05, 4.69) is 15.2 Å². The molecule has 0 aromatic carbocycles. The second-order valence-electron chi connectivity index (χ2n) is 2.51. The third-order valence-electron chi connectivity index (χ3n) is 1.59. The van der Waals surface area contributed by atoms with Crippen molar-refractivity contribution in [2.75, 3.05) is 0 Å². The molecule has 0 aliphatic carbocycles. The molecule has 0 amide bonds. The van der Waals surface area contributed by atoms with Crippen molar-refractivity contribution in [2.24, 2.45) is 0 Å². The zero-order valence-electron chi connectivity index (χ0n) is 6.73. The molecule has 0 atom stereocenters. The second-order valence-corrected chi connectivity index (χ2v) is 3.55. The van der Waals surface area contributed by atoms with Crippen LogP contribution in [0.1, 0.15) is 15.5 Å². The van der Waals surface area contributed by atoms with E-state index in [0.29, 0.717) is 12.2 Å².